The van der Waals surface area contributed by atoms with E-state index in [-0.39, 0.29) is 30.5 Å². The molecular formula is C37H49FN2O6Si. The second-order valence-corrected chi connectivity index (χ2v) is 18.9. The highest BCUT2D eigenvalue weighted by molar-refractivity contribution is 6.74. The molecule has 1 saturated heterocycles. The molecule has 1 aliphatic heterocycles. The van der Waals surface area contributed by atoms with Gasteiger partial charge in [0, 0.05) is 37.9 Å². The van der Waals surface area contributed by atoms with Gasteiger partial charge in [-0.3, -0.25) is 4.79 Å². The molecule has 0 saturated carbocycles. The first-order valence-electron chi connectivity index (χ1n) is 16.2. The van der Waals surface area contributed by atoms with Gasteiger partial charge in [-0.1, -0.05) is 74.9 Å². The number of benzene rings is 3. The van der Waals surface area contributed by atoms with Crippen molar-refractivity contribution in [2.24, 2.45) is 0 Å². The van der Waals surface area contributed by atoms with Crippen LogP contribution in [0.1, 0.15) is 67.1 Å². The zero-order chi connectivity index (χ0) is 34.6. The number of methoxy groups -OCH3 is 1. The molecule has 1 heterocycles. The Morgan fingerprint density at radius 1 is 1.02 bits per heavy atom. The van der Waals surface area contributed by atoms with E-state index >= 15 is 4.39 Å². The lowest BCUT2D eigenvalue weighted by Crippen LogP contribution is -2.51. The van der Waals surface area contributed by atoms with Crippen molar-refractivity contribution in [2.45, 2.75) is 82.8 Å². The average Bonchev–Trinajstić information content (AvgIpc) is 3.38. The summed E-state index contributed by atoms with van der Waals surface area (Å²) in [6.07, 6.45) is -0.122. The van der Waals surface area contributed by atoms with Gasteiger partial charge in [0.15, 0.2) is 8.32 Å². The van der Waals surface area contributed by atoms with Crippen molar-refractivity contribution in [3.63, 3.8) is 0 Å². The number of hydrogen-bond acceptors (Lipinski definition) is 5. The van der Waals surface area contributed by atoms with Crippen LogP contribution < -0.4 is 5.32 Å². The first kappa shape index (κ1) is 36.3. The first-order chi connectivity index (χ1) is 22.1. The maximum atomic E-state index is 15.7. The number of carbonyl (C=O) groups is 2. The quantitative estimate of drug-likeness (QED) is 0.138. The Hall–Kier alpha value is -3.57. The Morgan fingerprint density at radius 2 is 1.72 bits per heavy atom. The predicted octanol–water partition coefficient (Wildman–Crippen LogP) is 7.34. The smallest absolute Gasteiger partial charge is 0.405 e. The summed E-state index contributed by atoms with van der Waals surface area (Å²) in [5.41, 5.74) is 1.53. The van der Waals surface area contributed by atoms with Crippen LogP contribution >= 0.6 is 0 Å². The monoisotopic (exact) mass is 664 g/mol. The second-order valence-electron chi connectivity index (χ2n) is 14.1. The molecule has 47 heavy (non-hydrogen) atoms. The third kappa shape index (κ3) is 8.30. The number of nitrogens with one attached hydrogen (secondary N) is 1. The third-order valence-electron chi connectivity index (χ3n) is 9.60. The fourth-order valence-electron chi connectivity index (χ4n) is 6.03. The molecule has 2 amide bonds. The van der Waals surface area contributed by atoms with Crippen LogP contribution in [-0.2, 0) is 14.8 Å². The summed E-state index contributed by atoms with van der Waals surface area (Å²) < 4.78 is 27.5. The zero-order valence-electron chi connectivity index (χ0n) is 28.6. The number of likely N-dealkylation sites (tertiary alicyclic amines) is 1. The summed E-state index contributed by atoms with van der Waals surface area (Å²) >= 11 is 0. The lowest BCUT2D eigenvalue weighted by molar-refractivity contribution is 0.0650. The van der Waals surface area contributed by atoms with Crippen molar-refractivity contribution >= 4 is 20.3 Å². The number of ether oxygens (including phenoxy) is 1. The lowest BCUT2D eigenvalue weighted by Gasteiger charge is -2.39. The molecular weight excluding hydrogens is 615 g/mol. The fraction of sp³-hybridized carbons (Fsp3) is 0.459. The standard InChI is InChI=1S/C37H49FN2O6Si/c1-25-13-10-14-26(21-25)33-29(17-12-18-30(33)38)37(44,19-8-9-20-45-5)28-16-11-15-27(22-28)34(41)40-23-31(39-35(42)43)32(24-40)46-47(6,7)36(2,3)4/h10-18,21-22,31-32,39,44H,8-9,19-20,23-24H2,1-7H3,(H,42,43)/t31-,32-,37?/m1/s1. The molecule has 3 aromatic carbocycles. The van der Waals surface area contributed by atoms with Gasteiger partial charge in [-0.25, -0.2) is 9.18 Å². The van der Waals surface area contributed by atoms with Crippen molar-refractivity contribution in [3.05, 3.63) is 94.8 Å². The number of carbonyl (C=O) groups excluding carboxylic acids is 1. The number of carboxylic acid groups (broad SMARTS) is 1. The van der Waals surface area contributed by atoms with Crippen LogP contribution in [-0.4, -0.2) is 74.4 Å². The lowest BCUT2D eigenvalue weighted by atomic mass is 9.78. The van der Waals surface area contributed by atoms with Gasteiger partial charge < -0.3 is 29.6 Å². The maximum Gasteiger partial charge on any atom is 0.405 e. The topological polar surface area (TPSA) is 108 Å². The summed E-state index contributed by atoms with van der Waals surface area (Å²) in [5.74, 6) is -0.747. The largest absolute Gasteiger partial charge is 0.465 e. The van der Waals surface area contributed by atoms with Crippen LogP contribution in [0.5, 0.6) is 0 Å². The summed E-state index contributed by atoms with van der Waals surface area (Å²) in [4.78, 5) is 27.3. The minimum atomic E-state index is -2.28. The van der Waals surface area contributed by atoms with Gasteiger partial charge in [0.2, 0.25) is 0 Å². The van der Waals surface area contributed by atoms with E-state index < -0.39 is 38.0 Å². The fourth-order valence-corrected chi connectivity index (χ4v) is 7.38. The molecule has 10 heteroatoms. The van der Waals surface area contributed by atoms with Crippen LogP contribution in [0.3, 0.4) is 0 Å². The molecule has 1 fully saturated rings. The van der Waals surface area contributed by atoms with E-state index in [4.69, 9.17) is 9.16 Å². The number of aliphatic hydroxyl groups is 1. The molecule has 3 aromatic rings. The van der Waals surface area contributed by atoms with Crippen LogP contribution in [0, 0.1) is 12.7 Å². The Morgan fingerprint density at radius 3 is 2.38 bits per heavy atom. The Kier molecular flexibility index (Phi) is 11.3. The minimum Gasteiger partial charge on any atom is -0.465 e. The molecule has 8 nitrogen and oxygen atoms in total. The van der Waals surface area contributed by atoms with E-state index in [2.05, 4.69) is 39.2 Å². The molecule has 1 unspecified atom stereocenters. The summed E-state index contributed by atoms with van der Waals surface area (Å²) in [6.45, 7) is 13.4. The molecule has 0 aromatic heterocycles. The molecule has 1 aliphatic rings. The number of amides is 2. The van der Waals surface area contributed by atoms with Crippen molar-refractivity contribution < 1.29 is 33.4 Å². The average molecular weight is 665 g/mol. The molecule has 254 valence electrons. The number of aryl methyl sites for hydroxylation is 1. The molecule has 0 bridgehead atoms. The molecule has 0 aliphatic carbocycles. The predicted molar refractivity (Wildman–Crippen MR) is 185 cm³/mol. The number of unbranched alkanes of at least 4 members (excludes halogenated alkanes) is 1. The zero-order valence-corrected chi connectivity index (χ0v) is 29.6. The minimum absolute atomic E-state index is 0.103. The number of rotatable bonds is 12. The van der Waals surface area contributed by atoms with Crippen molar-refractivity contribution in [2.75, 3.05) is 26.8 Å². The van der Waals surface area contributed by atoms with Gasteiger partial charge in [-0.05, 0) is 79.2 Å². The van der Waals surface area contributed by atoms with E-state index in [0.717, 1.165) is 5.56 Å². The van der Waals surface area contributed by atoms with E-state index in [1.807, 2.05) is 31.2 Å². The highest BCUT2D eigenvalue weighted by atomic mass is 28.4. The van der Waals surface area contributed by atoms with Crippen LogP contribution in [0.25, 0.3) is 11.1 Å². The Labute approximate surface area is 279 Å². The number of halogens is 1. The highest BCUT2D eigenvalue weighted by Crippen LogP contribution is 2.42. The van der Waals surface area contributed by atoms with Crippen molar-refractivity contribution in [1.29, 1.82) is 0 Å². The van der Waals surface area contributed by atoms with Crippen LogP contribution in [0.15, 0.2) is 66.7 Å². The van der Waals surface area contributed by atoms with Crippen LogP contribution in [0.4, 0.5) is 9.18 Å². The molecule has 4 rings (SSSR count). The van der Waals surface area contributed by atoms with Gasteiger partial charge in [-0.15, -0.1) is 0 Å². The molecule has 0 spiro atoms. The van der Waals surface area contributed by atoms with Crippen molar-refractivity contribution in [3.8, 4) is 11.1 Å². The maximum absolute atomic E-state index is 15.7. The van der Waals surface area contributed by atoms with E-state index in [1.54, 1.807) is 48.4 Å². The van der Waals surface area contributed by atoms with E-state index in [1.165, 1.54) is 6.07 Å². The molecule has 0 radical (unpaired) electrons. The summed E-state index contributed by atoms with van der Waals surface area (Å²) in [6, 6.07) is 18.5. The van der Waals surface area contributed by atoms with Gasteiger partial charge in [0.25, 0.3) is 5.91 Å². The normalized spacial score (nSPS) is 18.2. The second kappa shape index (κ2) is 14.7. The van der Waals surface area contributed by atoms with Gasteiger partial charge in [0.05, 0.1) is 12.1 Å². The Bertz CT molecular complexity index is 1570. The van der Waals surface area contributed by atoms with Gasteiger partial charge in [0.1, 0.15) is 11.4 Å². The first-order valence-corrected chi connectivity index (χ1v) is 19.1. The third-order valence-corrected chi connectivity index (χ3v) is 14.1. The number of hydrogen-bond donors (Lipinski definition) is 3. The summed E-state index contributed by atoms with van der Waals surface area (Å²) in [7, 11) is -0.656. The molecule has 3 N–H and O–H groups in total. The van der Waals surface area contributed by atoms with Crippen LogP contribution in [0.2, 0.25) is 18.1 Å². The van der Waals surface area contributed by atoms with E-state index in [0.29, 0.717) is 47.3 Å². The van der Waals surface area contributed by atoms with Gasteiger partial charge in [-0.2, -0.15) is 0 Å². The van der Waals surface area contributed by atoms with E-state index in [9.17, 15) is 19.8 Å². The summed E-state index contributed by atoms with van der Waals surface area (Å²) in [5, 5.41) is 24.6. The highest BCUT2D eigenvalue weighted by Gasteiger charge is 2.45. The van der Waals surface area contributed by atoms with Crippen molar-refractivity contribution in [1.82, 2.24) is 10.2 Å². The SMILES string of the molecule is COCCCCC(O)(c1cccc(C(=O)N2C[C@@H](NC(=O)O)[C@H](O[Si](C)(C)C(C)(C)C)C2)c1)c1cccc(F)c1-c1cccc(C)c1. The molecule has 3 atom stereocenters. The van der Waals surface area contributed by atoms with Gasteiger partial charge >= 0.3 is 6.09 Å². The number of nitrogens with zero attached hydrogens (tertiary/aromatic N) is 1. The Balaban J connectivity index is 1.73.